The Morgan fingerprint density at radius 3 is 2.48 bits per heavy atom. The van der Waals surface area contributed by atoms with Gasteiger partial charge in [0.15, 0.2) is 6.61 Å². The van der Waals surface area contributed by atoms with Gasteiger partial charge in [-0.3, -0.25) is 4.79 Å². The minimum Gasteiger partial charge on any atom is -0.483 e. The number of anilines is 2. The Labute approximate surface area is 145 Å². The van der Waals surface area contributed by atoms with Crippen LogP contribution in [0.2, 0.25) is 10.0 Å². The van der Waals surface area contributed by atoms with E-state index in [0.29, 0.717) is 17.1 Å². The van der Waals surface area contributed by atoms with E-state index >= 15 is 0 Å². The molecule has 0 radical (unpaired) electrons. The van der Waals surface area contributed by atoms with Crippen LogP contribution in [0.3, 0.4) is 0 Å². The van der Waals surface area contributed by atoms with E-state index in [1.54, 1.807) is 6.07 Å². The first-order valence-corrected chi connectivity index (χ1v) is 7.72. The van der Waals surface area contributed by atoms with E-state index in [0.717, 1.165) is 3.57 Å². The van der Waals surface area contributed by atoms with Gasteiger partial charge in [-0.05, 0) is 46.9 Å². The molecule has 7 heteroatoms. The number of carbonyl (C=O) groups excluding carboxylic acids is 1. The quantitative estimate of drug-likeness (QED) is 0.557. The van der Waals surface area contributed by atoms with Crippen molar-refractivity contribution < 1.29 is 9.53 Å². The fraction of sp³-hybridized carbons (Fsp3) is 0.0714. The molecule has 0 spiro atoms. The first-order chi connectivity index (χ1) is 9.97. The van der Waals surface area contributed by atoms with Crippen LogP contribution in [0.1, 0.15) is 0 Å². The Bertz CT molecular complexity index is 657. The van der Waals surface area contributed by atoms with E-state index in [9.17, 15) is 4.79 Å². The van der Waals surface area contributed by atoms with Crippen molar-refractivity contribution in [2.45, 2.75) is 0 Å². The molecular weight excluding hydrogens is 426 g/mol. The maximum absolute atomic E-state index is 11.9. The minimum absolute atomic E-state index is 0.142. The lowest BCUT2D eigenvalue weighted by molar-refractivity contribution is -0.118. The molecular formula is C14H11Cl2IN2O2. The van der Waals surface area contributed by atoms with E-state index in [4.69, 9.17) is 33.7 Å². The predicted molar refractivity (Wildman–Crippen MR) is 94.2 cm³/mol. The molecule has 0 bridgehead atoms. The van der Waals surface area contributed by atoms with Crippen molar-refractivity contribution in [2.75, 3.05) is 17.7 Å². The van der Waals surface area contributed by atoms with Crippen molar-refractivity contribution in [1.29, 1.82) is 0 Å². The second-order valence-electron chi connectivity index (χ2n) is 4.13. The lowest BCUT2D eigenvalue weighted by atomic mass is 10.3. The van der Waals surface area contributed by atoms with Gasteiger partial charge >= 0.3 is 0 Å². The van der Waals surface area contributed by atoms with Crippen molar-refractivity contribution >= 4 is 63.1 Å². The standard InChI is InChI=1S/C14H11Cl2IN2O2/c15-9-5-8(18)6-10(16)14(9)19-13(20)7-21-12-4-2-1-3-11(12)17/h1-6H,7,18H2,(H,19,20). The Morgan fingerprint density at radius 2 is 1.86 bits per heavy atom. The number of nitrogens with two attached hydrogens (primary N) is 1. The third-order valence-corrected chi connectivity index (χ3v) is 4.01. The van der Waals surface area contributed by atoms with Crippen LogP contribution in [0.25, 0.3) is 0 Å². The molecule has 0 atom stereocenters. The summed E-state index contributed by atoms with van der Waals surface area (Å²) in [5.41, 5.74) is 6.36. The molecule has 0 aliphatic rings. The number of hydrogen-bond donors (Lipinski definition) is 2. The maximum atomic E-state index is 11.9. The summed E-state index contributed by atoms with van der Waals surface area (Å²) in [4.78, 5) is 11.9. The van der Waals surface area contributed by atoms with Gasteiger partial charge in [-0.25, -0.2) is 0 Å². The molecule has 3 N–H and O–H groups in total. The molecule has 0 fully saturated rings. The van der Waals surface area contributed by atoms with Crippen molar-refractivity contribution in [1.82, 2.24) is 0 Å². The van der Waals surface area contributed by atoms with Crippen molar-refractivity contribution in [3.05, 3.63) is 50.0 Å². The average Bonchev–Trinajstić information content (AvgIpc) is 2.42. The summed E-state index contributed by atoms with van der Waals surface area (Å²) in [5.74, 6) is 0.283. The zero-order valence-corrected chi connectivity index (χ0v) is 14.4. The fourth-order valence-corrected chi connectivity index (χ4v) is 2.73. The van der Waals surface area contributed by atoms with Crippen LogP contribution >= 0.6 is 45.8 Å². The first kappa shape index (κ1) is 16.2. The topological polar surface area (TPSA) is 64.3 Å². The highest BCUT2D eigenvalue weighted by Crippen LogP contribution is 2.32. The van der Waals surface area contributed by atoms with Gasteiger partial charge in [-0.2, -0.15) is 0 Å². The van der Waals surface area contributed by atoms with Crippen molar-refractivity contribution in [3.8, 4) is 5.75 Å². The Kier molecular flexibility index (Phi) is 5.55. The number of hydrogen-bond acceptors (Lipinski definition) is 3. The third kappa shape index (κ3) is 4.39. The zero-order valence-electron chi connectivity index (χ0n) is 10.7. The molecule has 110 valence electrons. The molecule has 0 saturated carbocycles. The second kappa shape index (κ2) is 7.20. The lowest BCUT2D eigenvalue weighted by Crippen LogP contribution is -2.20. The number of para-hydroxylation sites is 1. The number of carbonyl (C=O) groups is 1. The summed E-state index contributed by atoms with van der Waals surface area (Å²) < 4.78 is 6.37. The van der Waals surface area contributed by atoms with E-state index in [1.807, 2.05) is 18.2 Å². The number of ether oxygens (including phenoxy) is 1. The molecule has 0 saturated heterocycles. The van der Waals surface area contributed by atoms with Crippen LogP contribution in [0, 0.1) is 3.57 Å². The highest BCUT2D eigenvalue weighted by molar-refractivity contribution is 14.1. The van der Waals surface area contributed by atoms with Crippen molar-refractivity contribution in [3.63, 3.8) is 0 Å². The van der Waals surface area contributed by atoms with Gasteiger partial charge in [-0.15, -0.1) is 0 Å². The van der Waals surface area contributed by atoms with Gasteiger partial charge in [0, 0.05) is 5.69 Å². The zero-order chi connectivity index (χ0) is 15.4. The predicted octanol–water partition coefficient (Wildman–Crippen LogP) is 4.20. The lowest BCUT2D eigenvalue weighted by Gasteiger charge is -2.11. The van der Waals surface area contributed by atoms with E-state index in [-0.39, 0.29) is 22.6 Å². The molecule has 0 unspecified atom stereocenters. The highest BCUT2D eigenvalue weighted by Gasteiger charge is 2.12. The fourth-order valence-electron chi connectivity index (χ4n) is 1.59. The number of nitrogens with one attached hydrogen (secondary N) is 1. The van der Waals surface area contributed by atoms with Crippen molar-refractivity contribution in [2.24, 2.45) is 0 Å². The minimum atomic E-state index is -0.358. The number of amides is 1. The molecule has 2 aromatic carbocycles. The molecule has 0 heterocycles. The van der Waals surface area contributed by atoms with Crippen LogP contribution < -0.4 is 15.8 Å². The number of nitrogen functional groups attached to an aromatic ring is 1. The molecule has 1 amide bonds. The Morgan fingerprint density at radius 1 is 1.24 bits per heavy atom. The van der Waals surface area contributed by atoms with Gasteiger partial charge in [0.25, 0.3) is 5.91 Å². The molecule has 2 aromatic rings. The van der Waals surface area contributed by atoms with Crippen LogP contribution in [0.4, 0.5) is 11.4 Å². The van der Waals surface area contributed by atoms with Crippen LogP contribution in [-0.2, 0) is 4.79 Å². The van der Waals surface area contributed by atoms with Crippen LogP contribution in [0.5, 0.6) is 5.75 Å². The molecule has 2 rings (SSSR count). The Hall–Kier alpha value is -1.18. The summed E-state index contributed by atoms with van der Waals surface area (Å²) >= 11 is 14.1. The molecule has 4 nitrogen and oxygen atoms in total. The second-order valence-corrected chi connectivity index (χ2v) is 6.10. The van der Waals surface area contributed by atoms with Gasteiger partial charge in [0.2, 0.25) is 0 Å². The smallest absolute Gasteiger partial charge is 0.262 e. The van der Waals surface area contributed by atoms with E-state index in [1.165, 1.54) is 12.1 Å². The monoisotopic (exact) mass is 436 g/mol. The summed E-state index contributed by atoms with van der Waals surface area (Å²) in [6.45, 7) is -0.142. The summed E-state index contributed by atoms with van der Waals surface area (Å²) in [6.07, 6.45) is 0. The van der Waals surface area contributed by atoms with Gasteiger partial charge in [0.05, 0.1) is 19.3 Å². The van der Waals surface area contributed by atoms with Gasteiger partial charge < -0.3 is 15.8 Å². The highest BCUT2D eigenvalue weighted by atomic mass is 127. The van der Waals surface area contributed by atoms with Crippen LogP contribution in [-0.4, -0.2) is 12.5 Å². The maximum Gasteiger partial charge on any atom is 0.262 e. The average molecular weight is 437 g/mol. The van der Waals surface area contributed by atoms with Gasteiger partial charge in [-0.1, -0.05) is 35.3 Å². The van der Waals surface area contributed by atoms with E-state index < -0.39 is 0 Å². The largest absolute Gasteiger partial charge is 0.483 e. The number of rotatable bonds is 4. The Balaban J connectivity index is 2.01. The molecule has 0 aliphatic heterocycles. The molecule has 0 aromatic heterocycles. The van der Waals surface area contributed by atoms with E-state index in [2.05, 4.69) is 27.9 Å². The third-order valence-electron chi connectivity index (χ3n) is 2.52. The summed E-state index contributed by atoms with van der Waals surface area (Å²) in [7, 11) is 0. The number of benzene rings is 2. The SMILES string of the molecule is Nc1cc(Cl)c(NC(=O)COc2ccccc2I)c(Cl)c1. The normalized spacial score (nSPS) is 10.2. The first-order valence-electron chi connectivity index (χ1n) is 5.89. The van der Waals surface area contributed by atoms with Gasteiger partial charge in [0.1, 0.15) is 5.75 Å². The molecule has 0 aliphatic carbocycles. The van der Waals surface area contributed by atoms with Crippen LogP contribution in [0.15, 0.2) is 36.4 Å². The summed E-state index contributed by atoms with van der Waals surface area (Å²) in [5, 5.41) is 3.17. The summed E-state index contributed by atoms with van der Waals surface area (Å²) in [6, 6.07) is 10.4. The number of halogens is 3. The molecule has 21 heavy (non-hydrogen) atoms.